The normalized spacial score (nSPS) is 11.3. The molecule has 1 aromatic carbocycles. The van der Waals surface area contributed by atoms with E-state index in [0.29, 0.717) is 17.2 Å². The van der Waals surface area contributed by atoms with Crippen LogP contribution in [0.25, 0.3) is 16.7 Å². The lowest BCUT2D eigenvalue weighted by Gasteiger charge is -2.10. The Morgan fingerprint density at radius 1 is 1.19 bits per heavy atom. The molecule has 0 fully saturated rings. The van der Waals surface area contributed by atoms with E-state index >= 15 is 0 Å². The minimum Gasteiger partial charge on any atom is -0.367 e. The van der Waals surface area contributed by atoms with Crippen LogP contribution < -0.4 is 5.32 Å². The molecule has 3 aromatic rings. The third kappa shape index (κ3) is 2.67. The van der Waals surface area contributed by atoms with Gasteiger partial charge in [-0.05, 0) is 49.7 Å². The zero-order valence-electron chi connectivity index (χ0n) is 11.5. The highest BCUT2D eigenvalue weighted by molar-refractivity contribution is 6.28. The van der Waals surface area contributed by atoms with E-state index in [-0.39, 0.29) is 17.1 Å². The molecular formula is C14H13ClFN5. The molecule has 5 nitrogen and oxygen atoms in total. The first kappa shape index (κ1) is 13.8. The number of benzene rings is 1. The van der Waals surface area contributed by atoms with Crippen molar-refractivity contribution in [2.45, 2.75) is 19.9 Å². The predicted octanol–water partition coefficient (Wildman–Crippen LogP) is 3.43. The van der Waals surface area contributed by atoms with Crippen LogP contribution in [0.15, 0.2) is 30.5 Å². The van der Waals surface area contributed by atoms with Gasteiger partial charge >= 0.3 is 0 Å². The molecule has 0 radical (unpaired) electrons. The first-order chi connectivity index (χ1) is 10.0. The summed E-state index contributed by atoms with van der Waals surface area (Å²) < 4.78 is 14.6. The molecule has 0 amide bonds. The van der Waals surface area contributed by atoms with Gasteiger partial charge in [0.15, 0.2) is 5.65 Å². The molecule has 0 spiro atoms. The maximum atomic E-state index is 13.0. The van der Waals surface area contributed by atoms with Crippen molar-refractivity contribution in [3.05, 3.63) is 41.6 Å². The van der Waals surface area contributed by atoms with Crippen molar-refractivity contribution in [3.63, 3.8) is 0 Å². The van der Waals surface area contributed by atoms with E-state index in [9.17, 15) is 4.39 Å². The summed E-state index contributed by atoms with van der Waals surface area (Å²) >= 11 is 5.99. The van der Waals surface area contributed by atoms with Crippen LogP contribution in [0.3, 0.4) is 0 Å². The predicted molar refractivity (Wildman–Crippen MR) is 80.4 cm³/mol. The van der Waals surface area contributed by atoms with Crippen molar-refractivity contribution < 1.29 is 4.39 Å². The first-order valence-electron chi connectivity index (χ1n) is 6.48. The van der Waals surface area contributed by atoms with Crippen LogP contribution in [0.1, 0.15) is 13.8 Å². The highest BCUT2D eigenvalue weighted by Gasteiger charge is 2.14. The van der Waals surface area contributed by atoms with Gasteiger partial charge in [-0.2, -0.15) is 15.1 Å². The lowest BCUT2D eigenvalue weighted by molar-refractivity contribution is 0.627. The molecule has 3 rings (SSSR count). The quantitative estimate of drug-likeness (QED) is 0.753. The Morgan fingerprint density at radius 2 is 1.90 bits per heavy atom. The van der Waals surface area contributed by atoms with Crippen LogP contribution >= 0.6 is 11.6 Å². The van der Waals surface area contributed by atoms with Gasteiger partial charge in [-0.25, -0.2) is 9.07 Å². The number of rotatable bonds is 3. The Kier molecular flexibility index (Phi) is 3.47. The summed E-state index contributed by atoms with van der Waals surface area (Å²) in [5.74, 6) is 0.332. The smallest absolute Gasteiger partial charge is 0.226 e. The van der Waals surface area contributed by atoms with E-state index in [2.05, 4.69) is 20.4 Å². The van der Waals surface area contributed by atoms with E-state index in [1.54, 1.807) is 23.0 Å². The van der Waals surface area contributed by atoms with E-state index < -0.39 is 0 Å². The molecule has 2 heterocycles. The molecule has 1 N–H and O–H groups in total. The zero-order valence-corrected chi connectivity index (χ0v) is 12.3. The van der Waals surface area contributed by atoms with Crippen molar-refractivity contribution in [1.82, 2.24) is 19.7 Å². The van der Waals surface area contributed by atoms with Crippen LogP contribution in [0.4, 0.5) is 10.2 Å². The van der Waals surface area contributed by atoms with Gasteiger partial charge in [0.1, 0.15) is 11.6 Å². The average Bonchev–Trinajstić information content (AvgIpc) is 2.83. The molecule has 21 heavy (non-hydrogen) atoms. The monoisotopic (exact) mass is 305 g/mol. The van der Waals surface area contributed by atoms with Gasteiger partial charge in [-0.3, -0.25) is 0 Å². The fourth-order valence-electron chi connectivity index (χ4n) is 2.04. The Morgan fingerprint density at radius 3 is 2.57 bits per heavy atom. The molecule has 0 aliphatic carbocycles. The Hall–Kier alpha value is -2.21. The van der Waals surface area contributed by atoms with Crippen molar-refractivity contribution in [2.24, 2.45) is 0 Å². The first-order valence-corrected chi connectivity index (χ1v) is 6.86. The van der Waals surface area contributed by atoms with Gasteiger partial charge in [0, 0.05) is 6.04 Å². The summed E-state index contributed by atoms with van der Waals surface area (Å²) in [6.45, 7) is 4.01. The fourth-order valence-corrected chi connectivity index (χ4v) is 2.20. The summed E-state index contributed by atoms with van der Waals surface area (Å²) in [7, 11) is 0. The van der Waals surface area contributed by atoms with Gasteiger partial charge in [-0.15, -0.1) is 0 Å². The molecule has 0 saturated carbocycles. The lowest BCUT2D eigenvalue weighted by atomic mass is 10.3. The maximum absolute atomic E-state index is 13.0. The second-order valence-corrected chi connectivity index (χ2v) is 5.25. The van der Waals surface area contributed by atoms with Gasteiger partial charge in [-0.1, -0.05) is 0 Å². The number of nitrogens with zero attached hydrogens (tertiary/aromatic N) is 4. The zero-order chi connectivity index (χ0) is 15.0. The summed E-state index contributed by atoms with van der Waals surface area (Å²) in [5, 5.41) is 8.41. The largest absolute Gasteiger partial charge is 0.367 e. The standard InChI is InChI=1S/C14H13ClFN5/c1-8(2)18-12-11-7-17-21(13(11)20-14(15)19-12)10-5-3-9(16)4-6-10/h3-8H,1-2H3,(H,18,19,20). The third-order valence-corrected chi connectivity index (χ3v) is 3.07. The molecule has 0 aliphatic heterocycles. The SMILES string of the molecule is CC(C)Nc1nc(Cl)nc2c1cnn2-c1ccc(F)cc1. The molecule has 108 valence electrons. The summed E-state index contributed by atoms with van der Waals surface area (Å²) in [6.07, 6.45) is 1.67. The Balaban J connectivity index is 2.17. The van der Waals surface area contributed by atoms with Gasteiger partial charge in [0.25, 0.3) is 0 Å². The summed E-state index contributed by atoms with van der Waals surface area (Å²) in [6, 6.07) is 6.21. The highest BCUT2D eigenvalue weighted by atomic mass is 35.5. The molecule has 0 atom stereocenters. The number of hydrogen-bond donors (Lipinski definition) is 1. The Bertz CT molecular complexity index is 782. The number of hydrogen-bond acceptors (Lipinski definition) is 4. The number of fused-ring (bicyclic) bond motifs is 1. The molecule has 0 aliphatic rings. The number of nitrogens with one attached hydrogen (secondary N) is 1. The van der Waals surface area contributed by atoms with Crippen LogP contribution in [0.2, 0.25) is 5.28 Å². The third-order valence-electron chi connectivity index (χ3n) is 2.90. The minimum atomic E-state index is -0.301. The second-order valence-electron chi connectivity index (χ2n) is 4.91. The molecular weight excluding hydrogens is 293 g/mol. The van der Waals surface area contributed by atoms with E-state index in [0.717, 1.165) is 5.39 Å². The maximum Gasteiger partial charge on any atom is 0.226 e. The minimum absolute atomic E-state index is 0.134. The summed E-state index contributed by atoms with van der Waals surface area (Å²) in [4.78, 5) is 8.42. The van der Waals surface area contributed by atoms with Crippen molar-refractivity contribution >= 4 is 28.5 Å². The molecule has 7 heteroatoms. The topological polar surface area (TPSA) is 55.6 Å². The van der Waals surface area contributed by atoms with Crippen molar-refractivity contribution in [2.75, 3.05) is 5.32 Å². The molecule has 0 bridgehead atoms. The van der Waals surface area contributed by atoms with E-state index in [1.165, 1.54) is 12.1 Å². The molecule has 0 unspecified atom stereocenters. The van der Waals surface area contributed by atoms with E-state index in [1.807, 2.05) is 13.8 Å². The van der Waals surface area contributed by atoms with Gasteiger partial charge in [0.2, 0.25) is 5.28 Å². The number of anilines is 1. The second kappa shape index (κ2) is 5.29. The van der Waals surface area contributed by atoms with Crippen LogP contribution in [-0.4, -0.2) is 25.8 Å². The lowest BCUT2D eigenvalue weighted by Crippen LogP contribution is -2.11. The van der Waals surface area contributed by atoms with Gasteiger partial charge < -0.3 is 5.32 Å². The summed E-state index contributed by atoms with van der Waals surface area (Å²) in [5.41, 5.74) is 1.28. The Labute approximate surface area is 125 Å². The van der Waals surface area contributed by atoms with Crippen LogP contribution in [0.5, 0.6) is 0 Å². The number of aromatic nitrogens is 4. The fraction of sp³-hybridized carbons (Fsp3) is 0.214. The molecule has 2 aromatic heterocycles. The van der Waals surface area contributed by atoms with E-state index in [4.69, 9.17) is 11.6 Å². The van der Waals surface area contributed by atoms with Crippen LogP contribution in [-0.2, 0) is 0 Å². The van der Waals surface area contributed by atoms with Gasteiger partial charge in [0.05, 0.1) is 17.3 Å². The average molecular weight is 306 g/mol. The van der Waals surface area contributed by atoms with Crippen molar-refractivity contribution in [3.8, 4) is 5.69 Å². The van der Waals surface area contributed by atoms with Crippen LogP contribution in [0, 0.1) is 5.82 Å². The van der Waals surface area contributed by atoms with Crippen molar-refractivity contribution in [1.29, 1.82) is 0 Å². The number of halogens is 2. The molecule has 0 saturated heterocycles. The highest BCUT2D eigenvalue weighted by Crippen LogP contribution is 2.24.